The molecule has 0 aliphatic rings. The molecule has 0 amide bonds. The van der Waals surface area contributed by atoms with Crippen molar-refractivity contribution < 1.29 is 27.8 Å². The summed E-state index contributed by atoms with van der Waals surface area (Å²) >= 11 is 0. The molecule has 3 N–H and O–H groups in total. The quantitative estimate of drug-likeness (QED) is 0.306. The van der Waals surface area contributed by atoms with E-state index in [0.717, 1.165) is 28.4 Å². The van der Waals surface area contributed by atoms with Crippen LogP contribution in [0.4, 0.5) is 11.4 Å². The second kappa shape index (κ2) is 11.9. The Morgan fingerprint density at radius 2 is 1.94 bits per heavy atom. The fourth-order valence-corrected chi connectivity index (χ4v) is 4.60. The molecule has 35 heavy (non-hydrogen) atoms. The first kappa shape index (κ1) is 26.4. The number of fused-ring (bicyclic) bond motifs is 1. The van der Waals surface area contributed by atoms with Crippen LogP contribution in [0.1, 0.15) is 24.6 Å². The van der Waals surface area contributed by atoms with Crippen LogP contribution < -0.4 is 14.4 Å². The lowest BCUT2D eigenvalue weighted by molar-refractivity contribution is -0.143. The third-order valence-corrected chi connectivity index (χ3v) is 6.11. The molecule has 0 spiro atoms. The van der Waals surface area contributed by atoms with Crippen LogP contribution in [0.25, 0.3) is 10.9 Å². The molecular formula is C25H33N3O6S. The molecule has 10 heteroatoms. The molecule has 0 aliphatic heterocycles. The summed E-state index contributed by atoms with van der Waals surface area (Å²) < 4.78 is 37.0. The van der Waals surface area contributed by atoms with E-state index < -0.39 is 10.0 Å². The minimum atomic E-state index is -3.45. The highest BCUT2D eigenvalue weighted by Gasteiger charge is 2.15. The highest BCUT2D eigenvalue weighted by molar-refractivity contribution is 7.92. The summed E-state index contributed by atoms with van der Waals surface area (Å²) in [6, 6.07) is 12.8. The monoisotopic (exact) mass is 503 g/mol. The van der Waals surface area contributed by atoms with Gasteiger partial charge in [0.1, 0.15) is 12.4 Å². The molecule has 1 aromatic heterocycles. The molecule has 0 saturated heterocycles. The van der Waals surface area contributed by atoms with Gasteiger partial charge in [-0.3, -0.25) is 9.52 Å². The Kier molecular flexibility index (Phi) is 9.00. The molecule has 2 aromatic carbocycles. The van der Waals surface area contributed by atoms with Crippen LogP contribution in [-0.2, 0) is 26.0 Å². The van der Waals surface area contributed by atoms with Crippen molar-refractivity contribution in [2.75, 3.05) is 48.8 Å². The van der Waals surface area contributed by atoms with E-state index in [1.54, 1.807) is 25.1 Å². The van der Waals surface area contributed by atoms with Gasteiger partial charge < -0.3 is 24.5 Å². The van der Waals surface area contributed by atoms with Crippen LogP contribution in [-0.4, -0.2) is 63.6 Å². The molecular weight excluding hydrogens is 470 g/mol. The van der Waals surface area contributed by atoms with Gasteiger partial charge in [0.05, 0.1) is 37.4 Å². The van der Waals surface area contributed by atoms with Crippen LogP contribution in [0.2, 0.25) is 0 Å². The average molecular weight is 504 g/mol. The van der Waals surface area contributed by atoms with Crippen LogP contribution in [0.15, 0.2) is 42.5 Å². The lowest BCUT2D eigenvalue weighted by Crippen LogP contribution is -2.32. The second-order valence-electron chi connectivity index (χ2n) is 8.19. The number of aliphatic hydroxyl groups is 1. The van der Waals surface area contributed by atoms with Crippen LogP contribution in [0.3, 0.4) is 0 Å². The number of anilines is 2. The fourth-order valence-electron chi connectivity index (χ4n) is 4.02. The minimum Gasteiger partial charge on any atom is -0.492 e. The number of aromatic nitrogens is 1. The Balaban J connectivity index is 1.68. The number of hydrogen-bond acceptors (Lipinski definition) is 7. The zero-order valence-corrected chi connectivity index (χ0v) is 21.2. The van der Waals surface area contributed by atoms with Gasteiger partial charge in [-0.15, -0.1) is 0 Å². The molecule has 1 heterocycles. The summed E-state index contributed by atoms with van der Waals surface area (Å²) in [4.78, 5) is 17.0. The minimum absolute atomic E-state index is 0.0878. The van der Waals surface area contributed by atoms with Crippen LogP contribution in [0.5, 0.6) is 5.75 Å². The molecule has 0 atom stereocenters. The molecule has 9 nitrogen and oxygen atoms in total. The van der Waals surface area contributed by atoms with Gasteiger partial charge in [-0.05, 0) is 50.1 Å². The number of nitrogens with one attached hydrogen (secondary N) is 2. The third-order valence-electron chi connectivity index (χ3n) is 5.52. The number of esters is 1. The first-order valence-electron chi connectivity index (χ1n) is 11.5. The number of ether oxygens (including phenoxy) is 2. The van der Waals surface area contributed by atoms with E-state index in [2.05, 4.69) is 9.71 Å². The number of para-hydroxylation sites is 2. The Morgan fingerprint density at radius 3 is 2.66 bits per heavy atom. The van der Waals surface area contributed by atoms with Crippen LogP contribution in [0, 0.1) is 6.92 Å². The van der Waals surface area contributed by atoms with Crippen LogP contribution >= 0.6 is 0 Å². The van der Waals surface area contributed by atoms with Crippen molar-refractivity contribution >= 4 is 38.3 Å². The summed E-state index contributed by atoms with van der Waals surface area (Å²) in [6.07, 6.45) is 2.03. The van der Waals surface area contributed by atoms with Gasteiger partial charge in [0.2, 0.25) is 10.0 Å². The first-order valence-corrected chi connectivity index (χ1v) is 13.4. The number of sulfonamides is 1. The standard InChI is InChI=1S/C25H33N3O6S/c1-4-33-25(30)12-11-20-18(2)26-23-17-19(9-10-21(20)23)34-16-14-28(13-15-29)24-8-6-5-7-22(24)27-35(3,31)32/h5-10,17,26-27,29H,4,11-16H2,1-3H3. The number of carbonyl (C=O) groups is 1. The zero-order chi connectivity index (χ0) is 25.4. The summed E-state index contributed by atoms with van der Waals surface area (Å²) in [5.41, 5.74) is 4.13. The zero-order valence-electron chi connectivity index (χ0n) is 20.3. The van der Waals surface area contributed by atoms with E-state index in [0.29, 0.717) is 56.3 Å². The van der Waals surface area contributed by atoms with Gasteiger partial charge in [0.25, 0.3) is 0 Å². The number of aryl methyl sites for hydroxylation is 2. The molecule has 190 valence electrons. The van der Waals surface area contributed by atoms with Crippen molar-refractivity contribution in [3.05, 3.63) is 53.7 Å². The van der Waals surface area contributed by atoms with Crippen molar-refractivity contribution in [1.29, 1.82) is 0 Å². The lowest BCUT2D eigenvalue weighted by Gasteiger charge is -2.26. The summed E-state index contributed by atoms with van der Waals surface area (Å²) in [7, 11) is -3.45. The average Bonchev–Trinajstić information content (AvgIpc) is 3.11. The smallest absolute Gasteiger partial charge is 0.306 e. The normalized spacial score (nSPS) is 11.4. The Hall–Kier alpha value is -3.24. The molecule has 0 unspecified atom stereocenters. The highest BCUT2D eigenvalue weighted by atomic mass is 32.2. The Bertz CT molecular complexity index is 1260. The molecule has 0 saturated carbocycles. The maximum absolute atomic E-state index is 11.7. The largest absolute Gasteiger partial charge is 0.492 e. The van der Waals surface area contributed by atoms with E-state index in [4.69, 9.17) is 9.47 Å². The van der Waals surface area contributed by atoms with Gasteiger partial charge in [0.15, 0.2) is 0 Å². The van der Waals surface area contributed by atoms with Crippen molar-refractivity contribution in [2.24, 2.45) is 0 Å². The van der Waals surface area contributed by atoms with E-state index >= 15 is 0 Å². The Morgan fingerprint density at radius 1 is 1.17 bits per heavy atom. The molecule has 0 bridgehead atoms. The maximum Gasteiger partial charge on any atom is 0.306 e. The SMILES string of the molecule is CCOC(=O)CCc1c(C)[nH]c2cc(OCCN(CCO)c3ccccc3NS(C)(=O)=O)ccc12. The number of aliphatic hydroxyl groups excluding tert-OH is 1. The highest BCUT2D eigenvalue weighted by Crippen LogP contribution is 2.28. The van der Waals surface area contributed by atoms with Crippen molar-refractivity contribution in [3.8, 4) is 5.75 Å². The Labute approximate surface area is 206 Å². The van der Waals surface area contributed by atoms with Crippen molar-refractivity contribution in [2.45, 2.75) is 26.7 Å². The predicted octanol–water partition coefficient (Wildman–Crippen LogP) is 3.22. The molecule has 0 aliphatic carbocycles. The van der Waals surface area contributed by atoms with E-state index in [9.17, 15) is 18.3 Å². The molecule has 0 fully saturated rings. The second-order valence-corrected chi connectivity index (χ2v) is 9.94. The number of nitrogens with zero attached hydrogens (tertiary/aromatic N) is 1. The predicted molar refractivity (Wildman–Crippen MR) is 138 cm³/mol. The number of H-pyrrole nitrogens is 1. The van der Waals surface area contributed by atoms with Gasteiger partial charge >= 0.3 is 5.97 Å². The number of carbonyl (C=O) groups excluding carboxylic acids is 1. The molecule has 0 radical (unpaired) electrons. The summed E-state index contributed by atoms with van der Waals surface area (Å²) in [5, 5.41) is 10.6. The third kappa shape index (κ3) is 7.37. The first-order chi connectivity index (χ1) is 16.7. The lowest BCUT2D eigenvalue weighted by atomic mass is 10.1. The van der Waals surface area contributed by atoms with E-state index in [-0.39, 0.29) is 12.6 Å². The topological polar surface area (TPSA) is 121 Å². The number of hydrogen-bond donors (Lipinski definition) is 3. The van der Waals surface area contributed by atoms with E-state index in [1.165, 1.54) is 0 Å². The van der Waals surface area contributed by atoms with Crippen molar-refractivity contribution in [3.63, 3.8) is 0 Å². The van der Waals surface area contributed by atoms with Gasteiger partial charge in [0, 0.05) is 35.6 Å². The number of benzene rings is 2. The van der Waals surface area contributed by atoms with Gasteiger partial charge in [-0.25, -0.2) is 8.42 Å². The summed E-state index contributed by atoms with van der Waals surface area (Å²) in [5.74, 6) is 0.476. The number of rotatable bonds is 13. The fraction of sp³-hybridized carbons (Fsp3) is 0.400. The number of aromatic amines is 1. The van der Waals surface area contributed by atoms with E-state index in [1.807, 2.05) is 36.1 Å². The maximum atomic E-state index is 11.7. The molecule has 3 rings (SSSR count). The van der Waals surface area contributed by atoms with Gasteiger partial charge in [-0.1, -0.05) is 12.1 Å². The van der Waals surface area contributed by atoms with Crippen molar-refractivity contribution in [1.82, 2.24) is 4.98 Å². The summed E-state index contributed by atoms with van der Waals surface area (Å²) in [6.45, 7) is 5.16. The molecule has 3 aromatic rings. The van der Waals surface area contributed by atoms with Gasteiger partial charge in [-0.2, -0.15) is 0 Å².